The minimum absolute atomic E-state index is 0.209. The maximum absolute atomic E-state index is 11.5. The number of nitrogens with zero attached hydrogens (tertiary/aromatic N) is 1. The van der Waals surface area contributed by atoms with Crippen molar-refractivity contribution in [1.29, 1.82) is 0 Å². The number of amides is 3. The highest BCUT2D eigenvalue weighted by atomic mass is 127. The van der Waals surface area contributed by atoms with Crippen LogP contribution in [0.1, 0.15) is 6.42 Å². The van der Waals surface area contributed by atoms with E-state index in [1.807, 2.05) is 0 Å². The molecule has 0 aromatic heterocycles. The van der Waals surface area contributed by atoms with Crippen LogP contribution in [0.2, 0.25) is 0 Å². The first-order valence-electron chi connectivity index (χ1n) is 4.75. The van der Waals surface area contributed by atoms with Crippen molar-refractivity contribution in [2.24, 2.45) is 5.73 Å². The first-order chi connectivity index (χ1) is 7.61. The van der Waals surface area contributed by atoms with E-state index in [9.17, 15) is 14.7 Å². The number of rotatable bonds is 2. The van der Waals surface area contributed by atoms with Gasteiger partial charge in [0, 0.05) is 37.8 Å². The van der Waals surface area contributed by atoms with Crippen LogP contribution in [0.15, 0.2) is 0 Å². The number of nitrogens with two attached hydrogens (primary N) is 1. The molecule has 0 unspecified atom stereocenters. The van der Waals surface area contributed by atoms with Gasteiger partial charge in [-0.2, -0.15) is 0 Å². The van der Waals surface area contributed by atoms with Gasteiger partial charge in [-0.1, -0.05) is 0 Å². The lowest BCUT2D eigenvalue weighted by Crippen LogP contribution is -2.48. The SMILES string of the molecule is NC[C@H]1O[C@@H](N2C=IC(=O)NC2=O)C[C@@H]1O. The molecule has 2 aliphatic rings. The lowest BCUT2D eigenvalue weighted by atomic mass is 10.2. The Morgan fingerprint density at radius 1 is 1.69 bits per heavy atom. The molecule has 0 aromatic carbocycles. The van der Waals surface area contributed by atoms with Crippen LogP contribution in [0.4, 0.5) is 9.59 Å². The zero-order valence-electron chi connectivity index (χ0n) is 8.30. The molecule has 4 N–H and O–H groups in total. The fourth-order valence-corrected chi connectivity index (χ4v) is 3.16. The summed E-state index contributed by atoms with van der Waals surface area (Å²) in [6.07, 6.45) is -1.30. The van der Waals surface area contributed by atoms with Crippen molar-refractivity contribution in [3.63, 3.8) is 0 Å². The molecule has 2 heterocycles. The van der Waals surface area contributed by atoms with E-state index in [-0.39, 0.29) is 10.5 Å². The number of hydrogen-bond acceptors (Lipinski definition) is 5. The van der Waals surface area contributed by atoms with Gasteiger partial charge in [-0.05, 0) is 0 Å². The van der Waals surface area contributed by atoms with Crippen LogP contribution in [-0.2, 0) is 4.74 Å². The average Bonchev–Trinajstić information content (AvgIpc) is 2.59. The van der Waals surface area contributed by atoms with Crippen LogP contribution in [0.25, 0.3) is 0 Å². The minimum Gasteiger partial charge on any atom is -0.390 e. The fraction of sp³-hybridized carbons (Fsp3) is 0.625. The molecule has 7 nitrogen and oxygen atoms in total. The van der Waals surface area contributed by atoms with Gasteiger partial charge in [0.15, 0.2) is 0 Å². The average molecular weight is 341 g/mol. The molecule has 8 heteroatoms. The highest BCUT2D eigenvalue weighted by Gasteiger charge is 2.38. The van der Waals surface area contributed by atoms with Gasteiger partial charge in [-0.15, -0.1) is 0 Å². The number of nitrogens with one attached hydrogen (secondary N) is 1. The third-order valence-electron chi connectivity index (χ3n) is 2.44. The predicted molar refractivity (Wildman–Crippen MR) is 64.2 cm³/mol. The summed E-state index contributed by atoms with van der Waals surface area (Å²) in [5, 5.41) is 11.8. The Bertz CT molecular complexity index is 348. The van der Waals surface area contributed by atoms with Crippen molar-refractivity contribution >= 4 is 34.8 Å². The van der Waals surface area contributed by atoms with Crippen molar-refractivity contribution in [2.75, 3.05) is 6.54 Å². The molecular formula is C8H12IN3O4. The number of carbonyl (C=O) groups is 2. The van der Waals surface area contributed by atoms with Gasteiger partial charge in [-0.25, -0.2) is 4.79 Å². The molecule has 16 heavy (non-hydrogen) atoms. The van der Waals surface area contributed by atoms with Gasteiger partial charge in [0.25, 0.3) is 3.91 Å². The molecule has 2 rings (SSSR count). The van der Waals surface area contributed by atoms with Gasteiger partial charge in [-0.3, -0.25) is 15.0 Å². The molecule has 2 aliphatic heterocycles. The predicted octanol–water partition coefficient (Wildman–Crippen LogP) is -0.703. The molecule has 0 aromatic rings. The number of hydrogen-bond donors (Lipinski definition) is 3. The Labute approximate surface area is 102 Å². The molecule has 3 atom stereocenters. The molecule has 1 fully saturated rings. The number of carbonyl (C=O) groups excluding carboxylic acids is 2. The summed E-state index contributed by atoms with van der Waals surface area (Å²) in [6.45, 7) is 0.209. The van der Waals surface area contributed by atoms with Crippen LogP contribution in [0.5, 0.6) is 0 Å². The Kier molecular flexibility index (Phi) is 3.52. The van der Waals surface area contributed by atoms with Crippen LogP contribution >= 0.6 is 20.7 Å². The summed E-state index contributed by atoms with van der Waals surface area (Å²) >= 11 is -0.830. The highest BCUT2D eigenvalue weighted by molar-refractivity contribution is 14.2. The molecule has 0 radical (unpaired) electrons. The van der Waals surface area contributed by atoms with Crippen molar-refractivity contribution in [1.82, 2.24) is 10.2 Å². The van der Waals surface area contributed by atoms with E-state index in [4.69, 9.17) is 10.5 Å². The maximum atomic E-state index is 11.5. The molecule has 3 amide bonds. The van der Waals surface area contributed by atoms with Crippen LogP contribution < -0.4 is 11.1 Å². The third-order valence-corrected chi connectivity index (χ3v) is 4.15. The smallest absolute Gasteiger partial charge is 0.331 e. The summed E-state index contributed by atoms with van der Waals surface area (Å²) < 4.78 is 6.79. The van der Waals surface area contributed by atoms with Crippen LogP contribution in [-0.4, -0.2) is 49.1 Å². The minimum atomic E-state index is -0.830. The first-order valence-corrected chi connectivity index (χ1v) is 7.08. The molecule has 90 valence electrons. The molecule has 0 aliphatic carbocycles. The number of halogens is 1. The number of aliphatic hydroxyl groups is 1. The van der Waals surface area contributed by atoms with Crippen molar-refractivity contribution < 1.29 is 19.4 Å². The van der Waals surface area contributed by atoms with Gasteiger partial charge < -0.3 is 15.6 Å². The molecule has 0 bridgehead atoms. The van der Waals surface area contributed by atoms with E-state index < -0.39 is 45.2 Å². The summed E-state index contributed by atoms with van der Waals surface area (Å²) in [5.41, 5.74) is 5.41. The van der Waals surface area contributed by atoms with E-state index in [0.717, 1.165) is 0 Å². The van der Waals surface area contributed by atoms with Crippen LogP contribution in [0.3, 0.4) is 0 Å². The Morgan fingerprint density at radius 3 is 3.00 bits per heavy atom. The first kappa shape index (κ1) is 11.9. The van der Waals surface area contributed by atoms with Crippen molar-refractivity contribution in [2.45, 2.75) is 24.9 Å². The summed E-state index contributed by atoms with van der Waals surface area (Å²) in [4.78, 5) is 23.8. The molecule has 0 spiro atoms. The standard InChI is InChI=1S/C8H12IN3O4/c10-2-5-4(13)1-6(16-5)12-3-9-7(14)11-8(12)15/h3-6,13H,1-2,10H2,(H,11,14,15)/t4-,5+,6+/m0/s1. The van der Waals surface area contributed by atoms with Crippen molar-refractivity contribution in [3.05, 3.63) is 0 Å². The normalized spacial score (nSPS) is 34.9. The Hall–Kier alpha value is -0.580. The lowest BCUT2D eigenvalue weighted by molar-refractivity contribution is -0.0181. The topological polar surface area (TPSA) is 105 Å². The number of ether oxygens (including phenoxy) is 1. The summed E-state index contributed by atoms with van der Waals surface area (Å²) in [7, 11) is 0. The zero-order valence-corrected chi connectivity index (χ0v) is 10.5. The number of urea groups is 1. The molecule has 0 saturated carbocycles. The quantitative estimate of drug-likeness (QED) is 0.350. The second-order valence-corrected chi connectivity index (χ2v) is 5.65. The maximum Gasteiger partial charge on any atom is 0.331 e. The monoisotopic (exact) mass is 341 g/mol. The second kappa shape index (κ2) is 4.73. The van der Waals surface area contributed by atoms with Crippen LogP contribution in [0, 0.1) is 0 Å². The number of aliphatic hydroxyl groups excluding tert-OH is 1. The van der Waals surface area contributed by atoms with E-state index in [0.29, 0.717) is 6.42 Å². The van der Waals surface area contributed by atoms with Crippen molar-refractivity contribution in [3.8, 4) is 0 Å². The largest absolute Gasteiger partial charge is 0.390 e. The Morgan fingerprint density at radius 2 is 2.44 bits per heavy atom. The van der Waals surface area contributed by atoms with E-state index in [1.165, 1.54) is 4.90 Å². The van der Waals surface area contributed by atoms with Gasteiger partial charge in [0.05, 0.1) is 12.2 Å². The van der Waals surface area contributed by atoms with E-state index >= 15 is 0 Å². The Balaban J connectivity index is 2.07. The van der Waals surface area contributed by atoms with Gasteiger partial charge >= 0.3 is 6.03 Å². The number of imide groups is 1. The summed E-state index contributed by atoms with van der Waals surface area (Å²) in [6, 6.07) is -0.495. The van der Waals surface area contributed by atoms with E-state index in [1.54, 1.807) is 4.14 Å². The van der Waals surface area contributed by atoms with Gasteiger partial charge in [0.1, 0.15) is 6.23 Å². The summed E-state index contributed by atoms with van der Waals surface area (Å²) in [5.74, 6) is 0. The van der Waals surface area contributed by atoms with E-state index in [2.05, 4.69) is 5.32 Å². The highest BCUT2D eigenvalue weighted by Crippen LogP contribution is 2.24. The molecule has 1 saturated heterocycles. The fourth-order valence-electron chi connectivity index (χ4n) is 1.61. The molecular weight excluding hydrogens is 329 g/mol. The zero-order chi connectivity index (χ0) is 11.7. The van der Waals surface area contributed by atoms with Gasteiger partial charge in [0.2, 0.25) is 0 Å². The second-order valence-electron chi connectivity index (χ2n) is 3.49. The third kappa shape index (κ3) is 2.24. The lowest BCUT2D eigenvalue weighted by Gasteiger charge is -2.26.